The zero-order chi connectivity index (χ0) is 16.8. The lowest BCUT2D eigenvalue weighted by Gasteiger charge is -2.18. The largest absolute Gasteiger partial charge is 0.486 e. The Balaban J connectivity index is 1.63. The maximum absolute atomic E-state index is 12.2. The summed E-state index contributed by atoms with van der Waals surface area (Å²) in [7, 11) is 0. The van der Waals surface area contributed by atoms with Crippen LogP contribution < -0.4 is 14.9 Å². The summed E-state index contributed by atoms with van der Waals surface area (Å²) in [6.45, 7) is 2.83. The average Bonchev–Trinajstić information content (AvgIpc) is 2.65. The molecule has 1 aliphatic rings. The molecule has 0 spiro atoms. The highest BCUT2D eigenvalue weighted by molar-refractivity contribution is 5.99. The van der Waals surface area contributed by atoms with E-state index in [1.54, 1.807) is 18.2 Å². The van der Waals surface area contributed by atoms with Crippen molar-refractivity contribution in [2.24, 2.45) is 5.10 Å². The van der Waals surface area contributed by atoms with Gasteiger partial charge in [0, 0.05) is 5.56 Å². The fraction of sp³-hybridized carbons (Fsp3) is 0.158. The van der Waals surface area contributed by atoms with Crippen LogP contribution in [-0.2, 0) is 0 Å². The number of allylic oxidation sites excluding steroid dienone is 1. The number of nitrogens with one attached hydrogen (secondary N) is 1. The molecule has 24 heavy (non-hydrogen) atoms. The second-order valence-corrected chi connectivity index (χ2v) is 5.30. The molecule has 0 bridgehead atoms. The van der Waals surface area contributed by atoms with Crippen molar-refractivity contribution in [2.45, 2.75) is 6.92 Å². The SMILES string of the molecule is CC(/C=C/c1ccccc1)=N\NC(=O)c1ccc2c(c1)OCCO2. The Morgan fingerprint density at radius 1 is 1.08 bits per heavy atom. The number of carbonyl (C=O) groups excluding carboxylic acids is 1. The molecule has 0 aliphatic carbocycles. The number of fused-ring (bicyclic) bond motifs is 1. The first kappa shape index (κ1) is 15.8. The molecule has 1 N–H and O–H groups in total. The van der Waals surface area contributed by atoms with Crippen LogP contribution in [0.2, 0.25) is 0 Å². The van der Waals surface area contributed by atoms with E-state index in [0.29, 0.717) is 36.0 Å². The van der Waals surface area contributed by atoms with Crippen molar-refractivity contribution in [3.05, 3.63) is 65.7 Å². The number of hydrogen-bond acceptors (Lipinski definition) is 4. The van der Waals surface area contributed by atoms with Gasteiger partial charge in [-0.15, -0.1) is 0 Å². The molecular weight excluding hydrogens is 304 g/mol. The Hall–Kier alpha value is -3.08. The molecule has 1 heterocycles. The van der Waals surface area contributed by atoms with E-state index in [-0.39, 0.29) is 5.91 Å². The normalized spacial score (nSPS) is 13.8. The molecular formula is C19H18N2O3. The second-order valence-electron chi connectivity index (χ2n) is 5.30. The van der Waals surface area contributed by atoms with Gasteiger partial charge in [0.1, 0.15) is 13.2 Å². The van der Waals surface area contributed by atoms with E-state index < -0.39 is 0 Å². The number of carbonyl (C=O) groups is 1. The van der Waals surface area contributed by atoms with E-state index in [4.69, 9.17) is 9.47 Å². The molecule has 0 aromatic heterocycles. The number of amides is 1. The van der Waals surface area contributed by atoms with Gasteiger partial charge in [0.15, 0.2) is 11.5 Å². The van der Waals surface area contributed by atoms with Crippen LogP contribution in [0.5, 0.6) is 11.5 Å². The summed E-state index contributed by atoms with van der Waals surface area (Å²) < 4.78 is 10.9. The zero-order valence-electron chi connectivity index (χ0n) is 13.4. The van der Waals surface area contributed by atoms with Crippen molar-refractivity contribution >= 4 is 17.7 Å². The van der Waals surface area contributed by atoms with Crippen LogP contribution in [-0.4, -0.2) is 24.8 Å². The summed E-state index contributed by atoms with van der Waals surface area (Å²) in [5.41, 5.74) is 4.79. The van der Waals surface area contributed by atoms with Gasteiger partial charge >= 0.3 is 0 Å². The topological polar surface area (TPSA) is 59.9 Å². The van der Waals surface area contributed by atoms with Crippen LogP contribution in [0.1, 0.15) is 22.8 Å². The van der Waals surface area contributed by atoms with Gasteiger partial charge in [0.25, 0.3) is 5.91 Å². The first-order chi connectivity index (χ1) is 11.7. The van der Waals surface area contributed by atoms with Crippen LogP contribution in [0.3, 0.4) is 0 Å². The van der Waals surface area contributed by atoms with Gasteiger partial charge in [-0.1, -0.05) is 36.4 Å². The fourth-order valence-electron chi connectivity index (χ4n) is 2.21. The highest BCUT2D eigenvalue weighted by Gasteiger charge is 2.14. The third kappa shape index (κ3) is 4.01. The van der Waals surface area contributed by atoms with Crippen molar-refractivity contribution in [3.8, 4) is 11.5 Å². The predicted octanol–water partition coefficient (Wildman–Crippen LogP) is 3.28. The van der Waals surface area contributed by atoms with Crippen molar-refractivity contribution < 1.29 is 14.3 Å². The molecule has 0 fully saturated rings. The Morgan fingerprint density at radius 3 is 2.62 bits per heavy atom. The van der Waals surface area contributed by atoms with E-state index in [0.717, 1.165) is 5.56 Å². The molecule has 0 atom stereocenters. The first-order valence-electron chi connectivity index (χ1n) is 7.70. The number of ether oxygens (including phenoxy) is 2. The summed E-state index contributed by atoms with van der Waals surface area (Å²) in [6, 6.07) is 15.0. The van der Waals surface area contributed by atoms with Gasteiger partial charge in [-0.05, 0) is 36.8 Å². The van der Waals surface area contributed by atoms with Crippen molar-refractivity contribution in [1.82, 2.24) is 5.43 Å². The first-order valence-corrected chi connectivity index (χ1v) is 7.70. The van der Waals surface area contributed by atoms with Gasteiger partial charge in [-0.25, -0.2) is 5.43 Å². The minimum atomic E-state index is -0.292. The van der Waals surface area contributed by atoms with E-state index in [1.165, 1.54) is 0 Å². The van der Waals surface area contributed by atoms with Crippen molar-refractivity contribution in [2.75, 3.05) is 13.2 Å². The molecule has 2 aromatic rings. The van der Waals surface area contributed by atoms with Crippen LogP contribution >= 0.6 is 0 Å². The Bertz CT molecular complexity index is 782. The number of rotatable bonds is 4. The molecule has 5 nitrogen and oxygen atoms in total. The average molecular weight is 322 g/mol. The third-order valence-corrected chi connectivity index (χ3v) is 3.45. The van der Waals surface area contributed by atoms with Crippen LogP contribution in [0, 0.1) is 0 Å². The number of hydrogen-bond donors (Lipinski definition) is 1. The molecule has 1 amide bonds. The zero-order valence-corrected chi connectivity index (χ0v) is 13.4. The van der Waals surface area contributed by atoms with Gasteiger partial charge in [-0.2, -0.15) is 5.10 Å². The van der Waals surface area contributed by atoms with Crippen molar-refractivity contribution in [1.29, 1.82) is 0 Å². The minimum absolute atomic E-state index is 0.292. The number of nitrogens with zero attached hydrogens (tertiary/aromatic N) is 1. The molecule has 0 radical (unpaired) electrons. The maximum atomic E-state index is 12.2. The summed E-state index contributed by atoms with van der Waals surface area (Å²) in [4.78, 5) is 12.2. The number of benzene rings is 2. The van der Waals surface area contributed by atoms with Crippen LogP contribution in [0.4, 0.5) is 0 Å². The summed E-state index contributed by atoms with van der Waals surface area (Å²) in [6.07, 6.45) is 3.79. The van der Waals surface area contributed by atoms with Gasteiger partial charge in [0.05, 0.1) is 5.71 Å². The van der Waals surface area contributed by atoms with Gasteiger partial charge in [0.2, 0.25) is 0 Å². The molecule has 2 aromatic carbocycles. The van der Waals surface area contributed by atoms with E-state index in [2.05, 4.69) is 10.5 Å². The highest BCUT2D eigenvalue weighted by Crippen LogP contribution is 2.30. The van der Waals surface area contributed by atoms with Gasteiger partial charge in [-0.3, -0.25) is 4.79 Å². The van der Waals surface area contributed by atoms with E-state index >= 15 is 0 Å². The van der Waals surface area contributed by atoms with Crippen LogP contribution in [0.25, 0.3) is 6.08 Å². The number of hydrazone groups is 1. The monoisotopic (exact) mass is 322 g/mol. The Kier molecular flexibility index (Phi) is 4.91. The predicted molar refractivity (Wildman–Crippen MR) is 93.5 cm³/mol. The minimum Gasteiger partial charge on any atom is -0.486 e. The molecule has 122 valence electrons. The Morgan fingerprint density at radius 2 is 1.83 bits per heavy atom. The van der Waals surface area contributed by atoms with Crippen LogP contribution in [0.15, 0.2) is 59.7 Å². The van der Waals surface area contributed by atoms with E-state index in [1.807, 2.05) is 49.4 Å². The van der Waals surface area contributed by atoms with E-state index in [9.17, 15) is 4.79 Å². The quantitative estimate of drug-likeness (QED) is 0.694. The molecule has 0 unspecified atom stereocenters. The molecule has 3 rings (SSSR count). The maximum Gasteiger partial charge on any atom is 0.271 e. The molecule has 0 saturated heterocycles. The van der Waals surface area contributed by atoms with Gasteiger partial charge < -0.3 is 9.47 Å². The standard InChI is InChI=1S/C19H18N2O3/c1-14(7-8-15-5-3-2-4-6-15)20-21-19(22)16-9-10-17-18(13-16)24-12-11-23-17/h2-10,13H,11-12H2,1H3,(H,21,22)/b8-7+,20-14+. The lowest BCUT2D eigenvalue weighted by molar-refractivity contribution is 0.0953. The lowest BCUT2D eigenvalue weighted by Crippen LogP contribution is -2.20. The lowest BCUT2D eigenvalue weighted by atomic mass is 10.2. The van der Waals surface area contributed by atoms with Crippen molar-refractivity contribution in [3.63, 3.8) is 0 Å². The second kappa shape index (κ2) is 7.46. The highest BCUT2D eigenvalue weighted by atomic mass is 16.6. The summed E-state index contributed by atoms with van der Waals surface area (Å²) >= 11 is 0. The smallest absolute Gasteiger partial charge is 0.271 e. The molecule has 5 heteroatoms. The summed E-state index contributed by atoms with van der Waals surface area (Å²) in [5, 5.41) is 4.09. The summed E-state index contributed by atoms with van der Waals surface area (Å²) in [5.74, 6) is 0.946. The molecule has 0 saturated carbocycles. The Labute approximate surface area is 140 Å². The third-order valence-electron chi connectivity index (χ3n) is 3.45. The fourth-order valence-corrected chi connectivity index (χ4v) is 2.21. The molecule has 1 aliphatic heterocycles.